The van der Waals surface area contributed by atoms with E-state index in [1.54, 1.807) is 0 Å². The number of ether oxygens (including phenoxy) is 2. The molecule has 1 heterocycles. The maximum absolute atomic E-state index is 5.64. The van der Waals surface area contributed by atoms with E-state index < -0.39 is 0 Å². The SMILES string of the molecule is CCOC1C=Cc2ccc(C)cc2O1. The zero-order valence-corrected chi connectivity index (χ0v) is 8.49. The van der Waals surface area contributed by atoms with Gasteiger partial charge in [0, 0.05) is 12.2 Å². The predicted molar refractivity (Wildman–Crippen MR) is 56.3 cm³/mol. The molecule has 1 aliphatic heterocycles. The third kappa shape index (κ3) is 1.80. The van der Waals surface area contributed by atoms with E-state index in [1.165, 1.54) is 5.56 Å². The maximum atomic E-state index is 5.64. The molecule has 1 aliphatic rings. The lowest BCUT2D eigenvalue weighted by molar-refractivity contribution is -0.0414. The van der Waals surface area contributed by atoms with Crippen LogP contribution in [0.25, 0.3) is 6.08 Å². The Morgan fingerprint density at radius 1 is 1.43 bits per heavy atom. The van der Waals surface area contributed by atoms with Crippen molar-refractivity contribution in [1.82, 2.24) is 0 Å². The highest BCUT2D eigenvalue weighted by atomic mass is 16.7. The number of hydrogen-bond acceptors (Lipinski definition) is 2. The average molecular weight is 190 g/mol. The number of rotatable bonds is 2. The summed E-state index contributed by atoms with van der Waals surface area (Å²) < 4.78 is 11.0. The Labute approximate surface area is 84.2 Å². The smallest absolute Gasteiger partial charge is 0.220 e. The lowest BCUT2D eigenvalue weighted by atomic mass is 10.1. The van der Waals surface area contributed by atoms with Crippen LogP contribution in [-0.2, 0) is 4.74 Å². The number of aryl methyl sites for hydroxylation is 1. The molecule has 2 nitrogen and oxygen atoms in total. The Balaban J connectivity index is 2.23. The normalized spacial score (nSPS) is 18.9. The minimum Gasteiger partial charge on any atom is -0.461 e. The van der Waals surface area contributed by atoms with Crippen molar-refractivity contribution in [2.45, 2.75) is 20.1 Å². The van der Waals surface area contributed by atoms with Crippen molar-refractivity contribution in [3.8, 4) is 5.75 Å². The number of hydrogen-bond donors (Lipinski definition) is 0. The first-order chi connectivity index (χ1) is 6.79. The van der Waals surface area contributed by atoms with Crippen LogP contribution in [0.4, 0.5) is 0 Å². The number of benzene rings is 1. The molecular weight excluding hydrogens is 176 g/mol. The molecular formula is C12H14O2. The van der Waals surface area contributed by atoms with E-state index in [9.17, 15) is 0 Å². The third-order valence-electron chi connectivity index (χ3n) is 2.18. The summed E-state index contributed by atoms with van der Waals surface area (Å²) in [4.78, 5) is 0. The Morgan fingerprint density at radius 3 is 3.07 bits per heavy atom. The van der Waals surface area contributed by atoms with Crippen molar-refractivity contribution in [2.75, 3.05) is 6.61 Å². The minimum absolute atomic E-state index is 0.228. The van der Waals surface area contributed by atoms with Crippen molar-refractivity contribution in [3.05, 3.63) is 35.4 Å². The molecule has 0 amide bonds. The standard InChI is InChI=1S/C12H14O2/c1-3-13-12-7-6-10-5-4-9(2)8-11(10)14-12/h4-8,12H,3H2,1-2H3. The Hall–Kier alpha value is -1.28. The summed E-state index contributed by atoms with van der Waals surface area (Å²) in [7, 11) is 0. The highest BCUT2D eigenvalue weighted by Gasteiger charge is 2.13. The molecule has 0 fully saturated rings. The second-order valence-electron chi connectivity index (χ2n) is 3.34. The van der Waals surface area contributed by atoms with Gasteiger partial charge in [-0.3, -0.25) is 0 Å². The van der Waals surface area contributed by atoms with E-state index in [2.05, 4.69) is 19.1 Å². The Kier molecular flexibility index (Phi) is 2.55. The summed E-state index contributed by atoms with van der Waals surface area (Å²) in [5.74, 6) is 0.908. The van der Waals surface area contributed by atoms with Gasteiger partial charge in [0.25, 0.3) is 0 Å². The van der Waals surface area contributed by atoms with Gasteiger partial charge in [-0.1, -0.05) is 12.1 Å². The molecule has 1 aromatic carbocycles. The lowest BCUT2D eigenvalue weighted by Crippen LogP contribution is -2.20. The van der Waals surface area contributed by atoms with Crippen molar-refractivity contribution in [2.24, 2.45) is 0 Å². The van der Waals surface area contributed by atoms with Crippen LogP contribution in [0.2, 0.25) is 0 Å². The molecule has 2 rings (SSSR count). The topological polar surface area (TPSA) is 18.5 Å². The Bertz CT molecular complexity index is 355. The van der Waals surface area contributed by atoms with Crippen LogP contribution in [0.5, 0.6) is 5.75 Å². The molecule has 2 heteroatoms. The van der Waals surface area contributed by atoms with Crippen LogP contribution in [0.1, 0.15) is 18.1 Å². The first-order valence-corrected chi connectivity index (χ1v) is 4.86. The quantitative estimate of drug-likeness (QED) is 0.714. The molecule has 0 saturated heterocycles. The minimum atomic E-state index is -0.228. The molecule has 1 atom stereocenters. The molecule has 0 spiro atoms. The first kappa shape index (κ1) is 9.28. The fourth-order valence-electron chi connectivity index (χ4n) is 1.48. The van der Waals surface area contributed by atoms with Crippen LogP contribution in [0, 0.1) is 6.92 Å². The van der Waals surface area contributed by atoms with Gasteiger partial charge in [0.1, 0.15) is 5.75 Å². The molecule has 0 bridgehead atoms. The second-order valence-corrected chi connectivity index (χ2v) is 3.34. The Morgan fingerprint density at radius 2 is 2.29 bits per heavy atom. The van der Waals surface area contributed by atoms with Gasteiger partial charge in [-0.25, -0.2) is 0 Å². The number of fused-ring (bicyclic) bond motifs is 1. The first-order valence-electron chi connectivity index (χ1n) is 4.86. The molecule has 1 aromatic rings. The molecule has 0 N–H and O–H groups in total. The van der Waals surface area contributed by atoms with Gasteiger partial charge in [-0.05, 0) is 37.6 Å². The zero-order valence-electron chi connectivity index (χ0n) is 8.49. The van der Waals surface area contributed by atoms with Crippen LogP contribution in [0.15, 0.2) is 24.3 Å². The summed E-state index contributed by atoms with van der Waals surface area (Å²) in [6.45, 7) is 4.68. The van der Waals surface area contributed by atoms with Gasteiger partial charge < -0.3 is 9.47 Å². The predicted octanol–water partition coefficient (Wildman–Crippen LogP) is 2.76. The van der Waals surface area contributed by atoms with Gasteiger partial charge in [-0.15, -0.1) is 0 Å². The van der Waals surface area contributed by atoms with Crippen LogP contribution in [0.3, 0.4) is 0 Å². The fourth-order valence-corrected chi connectivity index (χ4v) is 1.48. The highest BCUT2D eigenvalue weighted by molar-refractivity contribution is 5.60. The third-order valence-corrected chi connectivity index (χ3v) is 2.18. The van der Waals surface area contributed by atoms with E-state index >= 15 is 0 Å². The van der Waals surface area contributed by atoms with Crippen molar-refractivity contribution in [1.29, 1.82) is 0 Å². The summed E-state index contributed by atoms with van der Waals surface area (Å²) in [5, 5.41) is 0. The van der Waals surface area contributed by atoms with Crippen molar-refractivity contribution in [3.63, 3.8) is 0 Å². The summed E-state index contributed by atoms with van der Waals surface area (Å²) in [5.41, 5.74) is 2.32. The average Bonchev–Trinajstić information content (AvgIpc) is 2.17. The maximum Gasteiger partial charge on any atom is 0.220 e. The van der Waals surface area contributed by atoms with E-state index in [0.717, 1.165) is 11.3 Å². The lowest BCUT2D eigenvalue weighted by Gasteiger charge is -2.21. The highest BCUT2D eigenvalue weighted by Crippen LogP contribution is 2.27. The van der Waals surface area contributed by atoms with Crippen LogP contribution >= 0.6 is 0 Å². The molecule has 0 aliphatic carbocycles. The summed E-state index contributed by atoms with van der Waals surface area (Å²) in [6, 6.07) is 6.17. The van der Waals surface area contributed by atoms with Gasteiger partial charge >= 0.3 is 0 Å². The van der Waals surface area contributed by atoms with E-state index in [0.29, 0.717) is 6.61 Å². The van der Waals surface area contributed by atoms with Crippen LogP contribution in [-0.4, -0.2) is 12.9 Å². The van der Waals surface area contributed by atoms with E-state index in [-0.39, 0.29) is 6.29 Å². The summed E-state index contributed by atoms with van der Waals surface area (Å²) >= 11 is 0. The van der Waals surface area contributed by atoms with Crippen LogP contribution < -0.4 is 4.74 Å². The molecule has 1 unspecified atom stereocenters. The van der Waals surface area contributed by atoms with Gasteiger partial charge in [0.05, 0.1) is 0 Å². The molecule has 14 heavy (non-hydrogen) atoms. The van der Waals surface area contributed by atoms with Gasteiger partial charge in [-0.2, -0.15) is 0 Å². The second kappa shape index (κ2) is 3.84. The van der Waals surface area contributed by atoms with Gasteiger partial charge in [0.15, 0.2) is 0 Å². The fraction of sp³-hybridized carbons (Fsp3) is 0.333. The zero-order chi connectivity index (χ0) is 9.97. The molecule has 0 aromatic heterocycles. The largest absolute Gasteiger partial charge is 0.461 e. The van der Waals surface area contributed by atoms with E-state index in [1.807, 2.05) is 25.1 Å². The molecule has 0 saturated carbocycles. The molecule has 0 radical (unpaired) electrons. The van der Waals surface area contributed by atoms with Crippen molar-refractivity contribution < 1.29 is 9.47 Å². The monoisotopic (exact) mass is 190 g/mol. The molecule has 74 valence electrons. The van der Waals surface area contributed by atoms with Crippen molar-refractivity contribution >= 4 is 6.08 Å². The summed E-state index contributed by atoms with van der Waals surface area (Å²) in [6.07, 6.45) is 3.74. The van der Waals surface area contributed by atoms with E-state index in [4.69, 9.17) is 9.47 Å². The van der Waals surface area contributed by atoms with Gasteiger partial charge in [0.2, 0.25) is 6.29 Å².